The van der Waals surface area contributed by atoms with Crippen molar-refractivity contribution in [2.24, 2.45) is 71.0 Å². The van der Waals surface area contributed by atoms with Crippen LogP contribution in [0.2, 0.25) is 0 Å². The molecule has 0 heterocycles. The Balaban J connectivity index is 1.06. The molecule has 2 heteroatoms. The zero-order valence-electron chi connectivity index (χ0n) is 29.8. The van der Waals surface area contributed by atoms with Crippen LogP contribution in [0.1, 0.15) is 174 Å². The molecule has 16 aliphatic carbocycles. The fourth-order valence-corrected chi connectivity index (χ4v) is 35.2. The number of hydrogen-bond acceptors (Lipinski definition) is 0. The van der Waals surface area contributed by atoms with Crippen molar-refractivity contribution in [3.8, 4) is 0 Å². The molecule has 16 saturated carbocycles. The highest BCUT2D eigenvalue weighted by Crippen LogP contribution is 2.90. The van der Waals surface area contributed by atoms with Gasteiger partial charge in [0.05, 0.1) is 0 Å². The fourth-order valence-electron chi connectivity index (χ4n) is 20.3. The lowest BCUT2D eigenvalue weighted by Gasteiger charge is -2.73. The van der Waals surface area contributed by atoms with Crippen LogP contribution >= 0.6 is 15.8 Å². The summed E-state index contributed by atoms with van der Waals surface area (Å²) in [6, 6.07) is 0. The zero-order chi connectivity index (χ0) is 30.0. The molecule has 0 N–H and O–H groups in total. The molecule has 16 bridgehead atoms. The molecular formula is C44H68P2. The Morgan fingerprint density at radius 3 is 0.674 bits per heavy atom. The average molecular weight is 659 g/mol. The quantitative estimate of drug-likeness (QED) is 0.228. The van der Waals surface area contributed by atoms with Crippen molar-refractivity contribution in [1.29, 1.82) is 0 Å². The third-order valence-corrected chi connectivity index (χ3v) is 28.6. The summed E-state index contributed by atoms with van der Waals surface area (Å²) in [5.74, 6) is 13.8. The van der Waals surface area contributed by atoms with Crippen LogP contribution in [-0.2, 0) is 0 Å². The van der Waals surface area contributed by atoms with Gasteiger partial charge in [-0.05, 0) is 252 Å². The predicted octanol–water partition coefficient (Wildman–Crippen LogP) is 13.0. The van der Waals surface area contributed by atoms with E-state index in [1.807, 2.05) is 0 Å². The van der Waals surface area contributed by atoms with Crippen LogP contribution in [-0.4, -0.2) is 26.0 Å². The summed E-state index contributed by atoms with van der Waals surface area (Å²) in [5, 5.41) is 4.55. The first-order valence-corrected chi connectivity index (χ1v) is 24.8. The smallest absolute Gasteiger partial charge is 0.00140 e. The van der Waals surface area contributed by atoms with E-state index in [2.05, 4.69) is 6.92 Å². The molecule has 16 aliphatic rings. The lowest BCUT2D eigenvalue weighted by atomic mass is 9.55. The third kappa shape index (κ3) is 4.17. The minimum Gasteiger partial charge on any atom is -0.0863 e. The molecule has 0 saturated heterocycles. The lowest BCUT2D eigenvalue weighted by molar-refractivity contribution is 0.0157. The molecule has 0 unspecified atom stereocenters. The summed E-state index contributed by atoms with van der Waals surface area (Å²) in [6.07, 6.45) is 44.2. The molecule has 46 heavy (non-hydrogen) atoms. The molecule has 0 aromatic heterocycles. The van der Waals surface area contributed by atoms with Crippen molar-refractivity contribution < 1.29 is 0 Å². The highest BCUT2D eigenvalue weighted by atomic mass is 31.2. The summed E-state index contributed by atoms with van der Waals surface area (Å²) in [5.41, 5.74) is 0. The van der Waals surface area contributed by atoms with E-state index in [-0.39, 0.29) is 15.8 Å². The van der Waals surface area contributed by atoms with Gasteiger partial charge in [-0.15, -0.1) is 0 Å². The number of rotatable bonds is 8. The van der Waals surface area contributed by atoms with Crippen molar-refractivity contribution in [2.75, 3.05) is 0 Å². The Morgan fingerprint density at radius 2 is 0.522 bits per heavy atom. The van der Waals surface area contributed by atoms with Crippen LogP contribution in [0.3, 0.4) is 0 Å². The lowest BCUT2D eigenvalue weighted by Crippen LogP contribution is -2.61. The van der Waals surface area contributed by atoms with Crippen LogP contribution in [0.4, 0.5) is 0 Å². The van der Waals surface area contributed by atoms with E-state index in [4.69, 9.17) is 0 Å². The SMILES string of the molecule is CCCC(P(C12CC3CC(CC(C3)C1)C2)C12CC3CC(CC(C3)C1)C2)P(C12CC3CC(CC(C3)C1)C2)C12CC3CC(CC(C3)C1)C2. The molecule has 16 fully saturated rings. The largest absolute Gasteiger partial charge is 0.0863 e. The van der Waals surface area contributed by atoms with E-state index in [0.717, 1.165) is 91.6 Å². The Labute approximate surface area is 285 Å². The van der Waals surface area contributed by atoms with E-state index in [1.165, 1.54) is 11.8 Å². The Bertz CT molecular complexity index is 923. The van der Waals surface area contributed by atoms with Gasteiger partial charge in [0.1, 0.15) is 0 Å². The van der Waals surface area contributed by atoms with Gasteiger partial charge >= 0.3 is 0 Å². The van der Waals surface area contributed by atoms with Gasteiger partial charge in [0.2, 0.25) is 0 Å². The van der Waals surface area contributed by atoms with Crippen molar-refractivity contribution in [1.82, 2.24) is 0 Å². The first-order valence-electron chi connectivity index (χ1n) is 22.0. The molecule has 0 amide bonds. The maximum atomic E-state index is 2.70. The predicted molar refractivity (Wildman–Crippen MR) is 196 cm³/mol. The van der Waals surface area contributed by atoms with Gasteiger partial charge in [-0.25, -0.2) is 0 Å². The van der Waals surface area contributed by atoms with Crippen LogP contribution < -0.4 is 0 Å². The Morgan fingerprint density at radius 1 is 0.348 bits per heavy atom. The van der Waals surface area contributed by atoms with E-state index in [1.54, 1.807) is 161 Å². The van der Waals surface area contributed by atoms with Gasteiger partial charge in [0, 0.05) is 5.40 Å². The summed E-state index contributed by atoms with van der Waals surface area (Å²) >= 11 is 0. The highest BCUT2D eigenvalue weighted by Gasteiger charge is 2.70. The summed E-state index contributed by atoms with van der Waals surface area (Å²) in [7, 11) is 0.215. The van der Waals surface area contributed by atoms with Gasteiger partial charge in [0.15, 0.2) is 0 Å². The summed E-state index contributed by atoms with van der Waals surface area (Å²) < 4.78 is 0. The molecule has 16 rings (SSSR count). The molecule has 0 radical (unpaired) electrons. The van der Waals surface area contributed by atoms with E-state index in [0.29, 0.717) is 0 Å². The van der Waals surface area contributed by atoms with E-state index >= 15 is 0 Å². The van der Waals surface area contributed by atoms with Crippen molar-refractivity contribution >= 4 is 15.8 Å². The summed E-state index contributed by atoms with van der Waals surface area (Å²) in [6.45, 7) is 2.70. The molecule has 0 aromatic carbocycles. The van der Waals surface area contributed by atoms with Crippen LogP contribution in [0.25, 0.3) is 0 Å². The minimum absolute atomic E-state index is 0.107. The molecule has 0 atom stereocenters. The Hall–Kier alpha value is 0.860. The first-order chi connectivity index (χ1) is 22.4. The molecule has 0 aliphatic heterocycles. The van der Waals surface area contributed by atoms with Gasteiger partial charge in [-0.1, -0.05) is 29.2 Å². The van der Waals surface area contributed by atoms with Crippen molar-refractivity contribution in [2.45, 2.75) is 200 Å². The van der Waals surface area contributed by atoms with Crippen molar-refractivity contribution in [3.05, 3.63) is 0 Å². The number of hydrogen-bond donors (Lipinski definition) is 0. The minimum atomic E-state index is 0.107. The van der Waals surface area contributed by atoms with E-state index in [9.17, 15) is 0 Å². The monoisotopic (exact) mass is 658 g/mol. The highest BCUT2D eigenvalue weighted by molar-refractivity contribution is 7.79. The average Bonchev–Trinajstić information content (AvgIpc) is 2.94. The van der Waals surface area contributed by atoms with Gasteiger partial charge < -0.3 is 0 Å². The molecular weight excluding hydrogens is 590 g/mol. The van der Waals surface area contributed by atoms with Gasteiger partial charge in [-0.3, -0.25) is 0 Å². The van der Waals surface area contributed by atoms with Crippen LogP contribution in [0, 0.1) is 71.0 Å². The standard InChI is InChI=1S/C44H68P2/c1-2-3-40(45(41-16-28-4-29(17-41)6-30(5-28)18-41)42-19-31-7-32(20-42)9-33(8-31)21-42)46(43-22-34-10-35(23-43)12-36(11-34)24-43)44-25-37-13-38(26-44)15-39(14-37)27-44/h28-40H,2-27H2,1H3. The van der Waals surface area contributed by atoms with Crippen LogP contribution in [0.15, 0.2) is 0 Å². The first kappa shape index (κ1) is 29.4. The molecule has 0 spiro atoms. The topological polar surface area (TPSA) is 0 Å². The van der Waals surface area contributed by atoms with E-state index < -0.39 is 0 Å². The zero-order valence-corrected chi connectivity index (χ0v) is 31.6. The molecule has 0 aromatic rings. The normalized spacial score (nSPS) is 61.5. The second-order valence-corrected chi connectivity index (χ2v) is 29.5. The van der Waals surface area contributed by atoms with Gasteiger partial charge in [-0.2, -0.15) is 0 Å². The van der Waals surface area contributed by atoms with Gasteiger partial charge in [0.25, 0.3) is 0 Å². The third-order valence-electron chi connectivity index (χ3n) is 19.2. The molecule has 254 valence electrons. The van der Waals surface area contributed by atoms with Crippen molar-refractivity contribution in [3.63, 3.8) is 0 Å². The Kier molecular flexibility index (Phi) is 6.43. The van der Waals surface area contributed by atoms with Crippen LogP contribution in [0.5, 0.6) is 0 Å². The second-order valence-electron chi connectivity index (χ2n) is 22.6. The summed E-state index contributed by atoms with van der Waals surface area (Å²) in [4.78, 5) is 0. The maximum Gasteiger partial charge on any atom is 0.00140 e. The molecule has 0 nitrogen and oxygen atoms in total. The maximum absolute atomic E-state index is 2.70. The second kappa shape index (κ2) is 10.0. The fraction of sp³-hybridized carbons (Fsp3) is 1.00.